The summed E-state index contributed by atoms with van der Waals surface area (Å²) in [5.74, 6) is 0. The highest BCUT2D eigenvalue weighted by molar-refractivity contribution is 9.10. The van der Waals surface area contributed by atoms with Crippen molar-refractivity contribution in [1.82, 2.24) is 0 Å². The van der Waals surface area contributed by atoms with Crippen molar-refractivity contribution in [2.45, 2.75) is 6.42 Å². The lowest BCUT2D eigenvalue weighted by Crippen LogP contribution is -2.06. The summed E-state index contributed by atoms with van der Waals surface area (Å²) in [6.45, 7) is 0. The molecule has 0 unspecified atom stereocenters. The zero-order valence-corrected chi connectivity index (χ0v) is 11.6. The van der Waals surface area contributed by atoms with Gasteiger partial charge in [-0.2, -0.15) is 0 Å². The molecular weight excluding hydrogens is 330 g/mol. The van der Waals surface area contributed by atoms with Crippen LogP contribution >= 0.6 is 31.9 Å². The van der Waals surface area contributed by atoms with Crippen molar-refractivity contribution in [1.29, 1.82) is 0 Å². The normalized spacial score (nSPS) is 12.6. The largest absolute Gasteiger partial charge is 0.355 e. The van der Waals surface area contributed by atoms with Crippen LogP contribution in [0.5, 0.6) is 0 Å². The Morgan fingerprint density at radius 3 is 2.44 bits per heavy atom. The molecule has 0 amide bonds. The van der Waals surface area contributed by atoms with Crippen molar-refractivity contribution in [3.8, 4) is 0 Å². The molecule has 0 aromatic heterocycles. The highest BCUT2D eigenvalue weighted by Gasteiger charge is 2.14. The average molecular weight is 339 g/mol. The van der Waals surface area contributed by atoms with E-state index < -0.39 is 0 Å². The van der Waals surface area contributed by atoms with E-state index in [9.17, 15) is 0 Å². The smallest absolute Gasteiger partial charge is 0.0431 e. The summed E-state index contributed by atoms with van der Waals surface area (Å²) in [5.41, 5.74) is 5.08. The number of fused-ring (bicyclic) bond motifs is 2. The van der Waals surface area contributed by atoms with Crippen LogP contribution in [-0.4, -0.2) is 0 Å². The Balaban J connectivity index is 2.09. The fraction of sp³-hybridized carbons (Fsp3) is 0.0769. The van der Waals surface area contributed by atoms with Crippen LogP contribution in [0.3, 0.4) is 0 Å². The fourth-order valence-corrected chi connectivity index (χ4v) is 2.77. The molecule has 0 fully saturated rings. The van der Waals surface area contributed by atoms with Crippen LogP contribution in [0.25, 0.3) is 0 Å². The molecular formula is C13H9Br2N. The van der Waals surface area contributed by atoms with E-state index in [4.69, 9.17) is 0 Å². The predicted molar refractivity (Wildman–Crippen MR) is 74.4 cm³/mol. The van der Waals surface area contributed by atoms with Crippen molar-refractivity contribution < 1.29 is 0 Å². The minimum Gasteiger partial charge on any atom is -0.355 e. The van der Waals surface area contributed by atoms with Crippen LogP contribution < -0.4 is 5.32 Å². The molecule has 3 heteroatoms. The zero-order valence-electron chi connectivity index (χ0n) is 8.43. The first-order chi connectivity index (χ1) is 7.72. The van der Waals surface area contributed by atoms with Gasteiger partial charge in [-0.25, -0.2) is 0 Å². The summed E-state index contributed by atoms with van der Waals surface area (Å²) in [5, 5.41) is 3.46. The maximum Gasteiger partial charge on any atom is 0.0431 e. The Bertz CT molecular complexity index is 512. The van der Waals surface area contributed by atoms with Crippen molar-refractivity contribution in [2.24, 2.45) is 0 Å². The summed E-state index contributed by atoms with van der Waals surface area (Å²) in [6.07, 6.45) is 0.990. The first-order valence-electron chi connectivity index (χ1n) is 5.06. The third-order valence-electron chi connectivity index (χ3n) is 2.79. The molecule has 16 heavy (non-hydrogen) atoms. The molecule has 2 aromatic carbocycles. The minimum absolute atomic E-state index is 0.990. The van der Waals surface area contributed by atoms with E-state index in [0.29, 0.717) is 0 Å². The average Bonchev–Trinajstić information content (AvgIpc) is 2.26. The van der Waals surface area contributed by atoms with E-state index in [1.165, 1.54) is 22.5 Å². The minimum atomic E-state index is 0.990. The Kier molecular flexibility index (Phi) is 2.52. The number of hydrogen-bond donors (Lipinski definition) is 1. The van der Waals surface area contributed by atoms with Crippen LogP contribution in [0.15, 0.2) is 45.3 Å². The number of rotatable bonds is 0. The second-order valence-corrected chi connectivity index (χ2v) is 5.74. The molecule has 1 aliphatic rings. The maximum atomic E-state index is 3.51. The summed E-state index contributed by atoms with van der Waals surface area (Å²) in [7, 11) is 0. The number of nitrogens with one attached hydrogen (secondary N) is 1. The van der Waals surface area contributed by atoms with Crippen LogP contribution in [0, 0.1) is 0 Å². The molecule has 1 aliphatic heterocycles. The Hall–Kier alpha value is -0.800. The Morgan fingerprint density at radius 2 is 1.56 bits per heavy atom. The molecule has 0 aliphatic carbocycles. The van der Waals surface area contributed by atoms with E-state index in [1.54, 1.807) is 0 Å². The molecule has 1 heterocycles. The van der Waals surface area contributed by atoms with Crippen molar-refractivity contribution in [3.05, 3.63) is 56.5 Å². The summed E-state index contributed by atoms with van der Waals surface area (Å²) < 4.78 is 2.24. The number of benzene rings is 2. The molecule has 0 bridgehead atoms. The van der Waals surface area contributed by atoms with Gasteiger partial charge in [0.25, 0.3) is 0 Å². The van der Waals surface area contributed by atoms with Gasteiger partial charge in [-0.3, -0.25) is 0 Å². The van der Waals surface area contributed by atoms with E-state index in [0.717, 1.165) is 15.4 Å². The van der Waals surface area contributed by atoms with Gasteiger partial charge in [-0.05, 0) is 41.5 Å². The third-order valence-corrected chi connectivity index (χ3v) is 3.78. The van der Waals surface area contributed by atoms with Gasteiger partial charge in [0.05, 0.1) is 0 Å². The molecule has 0 saturated heterocycles. The van der Waals surface area contributed by atoms with Gasteiger partial charge in [0.1, 0.15) is 0 Å². The molecule has 1 nitrogen and oxygen atoms in total. The van der Waals surface area contributed by atoms with Crippen molar-refractivity contribution in [3.63, 3.8) is 0 Å². The molecule has 0 atom stereocenters. The number of anilines is 2. The van der Waals surface area contributed by atoms with Gasteiger partial charge in [-0.1, -0.05) is 37.9 Å². The molecule has 0 radical (unpaired) electrons. The highest BCUT2D eigenvalue weighted by Crippen LogP contribution is 2.35. The topological polar surface area (TPSA) is 12.0 Å². The molecule has 2 aromatic rings. The first-order valence-corrected chi connectivity index (χ1v) is 6.65. The maximum absolute atomic E-state index is 3.51. The van der Waals surface area contributed by atoms with Crippen LogP contribution in [0.1, 0.15) is 11.1 Å². The van der Waals surface area contributed by atoms with Gasteiger partial charge < -0.3 is 5.32 Å². The zero-order chi connectivity index (χ0) is 11.1. The number of hydrogen-bond acceptors (Lipinski definition) is 1. The van der Waals surface area contributed by atoms with Gasteiger partial charge >= 0.3 is 0 Å². The molecule has 1 N–H and O–H groups in total. The van der Waals surface area contributed by atoms with Crippen molar-refractivity contribution >= 4 is 43.2 Å². The summed E-state index contributed by atoms with van der Waals surface area (Å²) >= 11 is 7.00. The van der Waals surface area contributed by atoms with Gasteiger partial charge in [0.15, 0.2) is 0 Å². The van der Waals surface area contributed by atoms with Crippen LogP contribution in [-0.2, 0) is 6.42 Å². The summed E-state index contributed by atoms with van der Waals surface area (Å²) in [4.78, 5) is 0. The van der Waals surface area contributed by atoms with Crippen LogP contribution in [0.2, 0.25) is 0 Å². The van der Waals surface area contributed by atoms with E-state index in [1.807, 2.05) is 0 Å². The van der Waals surface area contributed by atoms with Gasteiger partial charge in [0.2, 0.25) is 0 Å². The molecule has 3 rings (SSSR count). The molecule has 0 saturated carbocycles. The van der Waals surface area contributed by atoms with E-state index >= 15 is 0 Å². The predicted octanol–water partition coefficient (Wildman–Crippen LogP) is 4.86. The molecule has 80 valence electrons. The lowest BCUT2D eigenvalue weighted by molar-refractivity contribution is 1.15. The van der Waals surface area contributed by atoms with Crippen molar-refractivity contribution in [2.75, 3.05) is 5.32 Å². The quantitative estimate of drug-likeness (QED) is 0.617. The fourth-order valence-electron chi connectivity index (χ4n) is 2.00. The first kappa shape index (κ1) is 10.4. The number of halogens is 2. The van der Waals surface area contributed by atoms with E-state index in [-0.39, 0.29) is 0 Å². The van der Waals surface area contributed by atoms with Gasteiger partial charge in [-0.15, -0.1) is 0 Å². The second kappa shape index (κ2) is 3.90. The second-order valence-electron chi connectivity index (χ2n) is 3.90. The van der Waals surface area contributed by atoms with Gasteiger partial charge in [0, 0.05) is 26.7 Å². The third kappa shape index (κ3) is 1.78. The summed E-state index contributed by atoms with van der Waals surface area (Å²) in [6, 6.07) is 12.7. The highest BCUT2D eigenvalue weighted by atomic mass is 79.9. The monoisotopic (exact) mass is 337 g/mol. The Morgan fingerprint density at radius 1 is 0.812 bits per heavy atom. The van der Waals surface area contributed by atoms with E-state index in [2.05, 4.69) is 73.6 Å². The Labute approximate surface area is 111 Å². The SMILES string of the molecule is Brc1ccc2c(c1)Cc1ccc(Br)cc1N2. The lowest BCUT2D eigenvalue weighted by atomic mass is 9.98. The standard InChI is InChI=1S/C13H9Br2N/c14-10-3-4-12-9(6-10)5-8-1-2-11(15)7-13(8)16-12/h1-4,6-7,16H,5H2. The lowest BCUT2D eigenvalue weighted by Gasteiger charge is -2.21. The van der Waals surface area contributed by atoms with Crippen LogP contribution in [0.4, 0.5) is 11.4 Å². The molecule has 0 spiro atoms.